The van der Waals surface area contributed by atoms with Crippen molar-refractivity contribution in [2.45, 2.75) is 13.8 Å². The standard InChI is InChI=1S/C6H13N3/c1-5(2)4-9-6(8)3-7/h3-5H,7-8H2,1-2H3/b6-3-,9-4?. The summed E-state index contributed by atoms with van der Waals surface area (Å²) in [5.74, 6) is 0.784. The molecule has 0 rings (SSSR count). The Morgan fingerprint density at radius 1 is 1.56 bits per heavy atom. The molecule has 0 aromatic carbocycles. The van der Waals surface area contributed by atoms with Gasteiger partial charge in [-0.3, -0.25) is 0 Å². The smallest absolute Gasteiger partial charge is 0.138 e. The number of nitrogens with two attached hydrogens (primary N) is 2. The Morgan fingerprint density at radius 3 is 2.44 bits per heavy atom. The van der Waals surface area contributed by atoms with Gasteiger partial charge in [0.05, 0.1) is 0 Å². The van der Waals surface area contributed by atoms with Crippen molar-refractivity contribution >= 4 is 6.21 Å². The quantitative estimate of drug-likeness (QED) is 0.528. The van der Waals surface area contributed by atoms with Crippen LogP contribution in [0.2, 0.25) is 0 Å². The molecule has 52 valence electrons. The van der Waals surface area contributed by atoms with Crippen LogP contribution >= 0.6 is 0 Å². The molecule has 0 amide bonds. The summed E-state index contributed by atoms with van der Waals surface area (Å²) in [6.45, 7) is 4.04. The molecule has 4 N–H and O–H groups in total. The highest BCUT2D eigenvalue weighted by Gasteiger charge is 1.83. The lowest BCUT2D eigenvalue weighted by Gasteiger charge is -1.92. The second kappa shape index (κ2) is 3.95. The fraction of sp³-hybridized carbons (Fsp3) is 0.500. The van der Waals surface area contributed by atoms with Gasteiger partial charge in [-0.25, -0.2) is 4.99 Å². The Balaban J connectivity index is 3.71. The summed E-state index contributed by atoms with van der Waals surface area (Å²) in [4.78, 5) is 3.83. The maximum atomic E-state index is 5.26. The van der Waals surface area contributed by atoms with Crippen molar-refractivity contribution in [3.63, 3.8) is 0 Å². The average molecular weight is 127 g/mol. The van der Waals surface area contributed by atoms with E-state index in [9.17, 15) is 0 Å². The van der Waals surface area contributed by atoms with Crippen LogP contribution in [0.4, 0.5) is 0 Å². The van der Waals surface area contributed by atoms with E-state index in [1.807, 2.05) is 13.8 Å². The van der Waals surface area contributed by atoms with Gasteiger partial charge in [0.25, 0.3) is 0 Å². The monoisotopic (exact) mass is 127 g/mol. The molecule has 0 radical (unpaired) electrons. The molecule has 3 heteroatoms. The Labute approximate surface area is 55.4 Å². The number of rotatable bonds is 2. The van der Waals surface area contributed by atoms with E-state index in [1.54, 1.807) is 6.21 Å². The minimum atomic E-state index is 0.365. The first-order valence-electron chi connectivity index (χ1n) is 2.88. The van der Waals surface area contributed by atoms with Crippen LogP contribution in [0.3, 0.4) is 0 Å². The van der Waals surface area contributed by atoms with Crippen molar-refractivity contribution < 1.29 is 0 Å². The molecule has 0 bridgehead atoms. The van der Waals surface area contributed by atoms with Gasteiger partial charge < -0.3 is 11.5 Å². The largest absolute Gasteiger partial charge is 0.402 e. The predicted octanol–water partition coefficient (Wildman–Crippen LogP) is 0.430. The van der Waals surface area contributed by atoms with E-state index < -0.39 is 0 Å². The molecular formula is C6H13N3. The molecule has 0 saturated heterocycles. The van der Waals surface area contributed by atoms with Gasteiger partial charge in [0.15, 0.2) is 0 Å². The van der Waals surface area contributed by atoms with Crippen molar-refractivity contribution in [1.29, 1.82) is 0 Å². The van der Waals surface area contributed by atoms with E-state index in [-0.39, 0.29) is 0 Å². The van der Waals surface area contributed by atoms with Crippen molar-refractivity contribution in [2.24, 2.45) is 22.4 Å². The van der Waals surface area contributed by atoms with Crippen molar-refractivity contribution in [1.82, 2.24) is 0 Å². The van der Waals surface area contributed by atoms with E-state index in [4.69, 9.17) is 11.5 Å². The number of hydrogen-bond acceptors (Lipinski definition) is 3. The minimum Gasteiger partial charge on any atom is -0.402 e. The third-order valence-corrected chi connectivity index (χ3v) is 0.693. The highest BCUT2D eigenvalue weighted by Crippen LogP contribution is 1.87. The van der Waals surface area contributed by atoms with Crippen molar-refractivity contribution in [3.05, 3.63) is 12.0 Å². The van der Waals surface area contributed by atoms with Crippen LogP contribution in [0.1, 0.15) is 13.8 Å². The van der Waals surface area contributed by atoms with Crippen LogP contribution in [-0.2, 0) is 0 Å². The normalized spacial score (nSPS) is 13.4. The van der Waals surface area contributed by atoms with E-state index in [1.165, 1.54) is 6.20 Å². The van der Waals surface area contributed by atoms with Gasteiger partial charge in [0, 0.05) is 12.4 Å². The van der Waals surface area contributed by atoms with Crippen molar-refractivity contribution in [2.75, 3.05) is 0 Å². The summed E-state index contributed by atoms with van der Waals surface area (Å²) in [6.07, 6.45) is 3.03. The first-order chi connectivity index (χ1) is 4.16. The Hall–Kier alpha value is -0.990. The summed E-state index contributed by atoms with van der Waals surface area (Å²) in [7, 11) is 0. The number of nitrogens with zero attached hydrogens (tertiary/aromatic N) is 1. The topological polar surface area (TPSA) is 64.4 Å². The van der Waals surface area contributed by atoms with Crippen LogP contribution in [0.5, 0.6) is 0 Å². The average Bonchev–Trinajstić information content (AvgIpc) is 1.83. The van der Waals surface area contributed by atoms with Gasteiger partial charge in [-0.1, -0.05) is 13.8 Å². The summed E-state index contributed by atoms with van der Waals surface area (Å²) >= 11 is 0. The minimum absolute atomic E-state index is 0.365. The van der Waals surface area contributed by atoms with Gasteiger partial charge in [-0.05, 0) is 5.92 Å². The highest BCUT2D eigenvalue weighted by atomic mass is 14.9. The third kappa shape index (κ3) is 4.87. The summed E-state index contributed by atoms with van der Waals surface area (Å²) in [6, 6.07) is 0. The first kappa shape index (κ1) is 8.01. The first-order valence-corrected chi connectivity index (χ1v) is 2.88. The van der Waals surface area contributed by atoms with Crippen LogP contribution in [0.25, 0.3) is 0 Å². The fourth-order valence-corrected chi connectivity index (χ4v) is 0.278. The van der Waals surface area contributed by atoms with E-state index in [0.717, 1.165) is 0 Å². The van der Waals surface area contributed by atoms with Crippen LogP contribution < -0.4 is 11.5 Å². The zero-order valence-electron chi connectivity index (χ0n) is 5.83. The molecule has 9 heavy (non-hydrogen) atoms. The zero-order valence-corrected chi connectivity index (χ0v) is 5.83. The van der Waals surface area contributed by atoms with Crippen LogP contribution in [0, 0.1) is 5.92 Å². The molecule has 3 nitrogen and oxygen atoms in total. The van der Waals surface area contributed by atoms with E-state index in [0.29, 0.717) is 11.7 Å². The summed E-state index contributed by atoms with van der Waals surface area (Å²) in [5.41, 5.74) is 10.3. The van der Waals surface area contributed by atoms with Crippen LogP contribution in [-0.4, -0.2) is 6.21 Å². The maximum absolute atomic E-state index is 5.26. The molecular weight excluding hydrogens is 114 g/mol. The van der Waals surface area contributed by atoms with Gasteiger partial charge in [-0.15, -0.1) is 0 Å². The molecule has 0 aliphatic carbocycles. The molecule has 0 aromatic rings. The molecule has 0 aliphatic rings. The lowest BCUT2D eigenvalue weighted by Crippen LogP contribution is -1.99. The van der Waals surface area contributed by atoms with Gasteiger partial charge in [0.2, 0.25) is 0 Å². The lowest BCUT2D eigenvalue weighted by molar-refractivity contribution is 0.903. The summed E-state index contributed by atoms with van der Waals surface area (Å²) < 4.78 is 0. The molecule has 0 fully saturated rings. The van der Waals surface area contributed by atoms with Crippen molar-refractivity contribution in [3.8, 4) is 0 Å². The van der Waals surface area contributed by atoms with E-state index >= 15 is 0 Å². The lowest BCUT2D eigenvalue weighted by atomic mass is 10.2. The third-order valence-electron chi connectivity index (χ3n) is 0.693. The van der Waals surface area contributed by atoms with Crippen LogP contribution in [0.15, 0.2) is 17.0 Å². The number of hydrogen-bond donors (Lipinski definition) is 2. The SMILES string of the molecule is CC(C)C=N/C(N)=C\N. The second-order valence-electron chi connectivity index (χ2n) is 2.11. The zero-order chi connectivity index (χ0) is 7.28. The molecule has 0 unspecified atom stereocenters. The molecule has 0 spiro atoms. The Bertz CT molecular complexity index is 124. The summed E-state index contributed by atoms with van der Waals surface area (Å²) in [5, 5.41) is 0. The predicted molar refractivity (Wildman–Crippen MR) is 39.8 cm³/mol. The molecule has 0 saturated carbocycles. The fourth-order valence-electron chi connectivity index (χ4n) is 0.278. The van der Waals surface area contributed by atoms with Gasteiger partial charge in [0.1, 0.15) is 5.82 Å². The maximum Gasteiger partial charge on any atom is 0.138 e. The highest BCUT2D eigenvalue weighted by molar-refractivity contribution is 5.60. The molecule has 0 aromatic heterocycles. The van der Waals surface area contributed by atoms with Gasteiger partial charge >= 0.3 is 0 Å². The van der Waals surface area contributed by atoms with E-state index in [2.05, 4.69) is 4.99 Å². The molecule has 0 atom stereocenters. The Morgan fingerprint density at radius 2 is 2.11 bits per heavy atom. The number of aliphatic imine (C=N–C) groups is 1. The van der Waals surface area contributed by atoms with Gasteiger partial charge in [-0.2, -0.15) is 0 Å². The Kier molecular flexibility index (Phi) is 3.51. The molecule has 0 heterocycles. The molecule has 0 aliphatic heterocycles. The second-order valence-corrected chi connectivity index (χ2v) is 2.11.